The van der Waals surface area contributed by atoms with Crippen molar-refractivity contribution in [2.75, 3.05) is 0 Å². The van der Waals surface area contributed by atoms with Crippen molar-refractivity contribution < 1.29 is 4.79 Å². The number of unbranched alkanes of at least 4 members (excludes halogenated alkanes) is 1. The summed E-state index contributed by atoms with van der Waals surface area (Å²) in [4.78, 5) is 11.6. The number of carbonyl (C=O) groups excluding carboxylic acids is 1. The van der Waals surface area contributed by atoms with Gasteiger partial charge in [0.05, 0.1) is 0 Å². The zero-order valence-corrected chi connectivity index (χ0v) is 9.78. The molecule has 0 aliphatic carbocycles. The number of benzene rings is 1. The van der Waals surface area contributed by atoms with Gasteiger partial charge in [-0.2, -0.15) is 0 Å². The first-order valence-corrected chi connectivity index (χ1v) is 5.70. The van der Waals surface area contributed by atoms with Gasteiger partial charge in [-0.05, 0) is 30.6 Å². The molecule has 1 aromatic rings. The molecule has 1 rings (SSSR count). The van der Waals surface area contributed by atoms with Gasteiger partial charge in [-0.15, -0.1) is 0 Å². The molecule has 0 saturated heterocycles. The maximum absolute atomic E-state index is 11.6. The highest BCUT2D eigenvalue weighted by Gasteiger charge is 2.04. The van der Waals surface area contributed by atoms with Gasteiger partial charge in [0.1, 0.15) is 0 Å². The van der Waals surface area contributed by atoms with Gasteiger partial charge < -0.3 is 0 Å². The molecule has 0 bridgehead atoms. The van der Waals surface area contributed by atoms with Gasteiger partial charge in [-0.1, -0.05) is 50.3 Å². The Bertz CT molecular complexity index is 374. The van der Waals surface area contributed by atoms with Crippen molar-refractivity contribution in [3.05, 3.63) is 54.1 Å². The molecule has 0 N–H and O–H groups in total. The van der Waals surface area contributed by atoms with Gasteiger partial charge >= 0.3 is 0 Å². The van der Waals surface area contributed by atoms with Gasteiger partial charge in [-0.3, -0.25) is 4.79 Å². The van der Waals surface area contributed by atoms with E-state index in [1.54, 1.807) is 0 Å². The Morgan fingerprint density at radius 3 is 2.56 bits per heavy atom. The normalized spacial score (nSPS) is 11.2. The summed E-state index contributed by atoms with van der Waals surface area (Å²) < 4.78 is 0. The third-order valence-corrected chi connectivity index (χ3v) is 2.44. The van der Waals surface area contributed by atoms with E-state index in [9.17, 15) is 4.79 Å². The Kier molecular flexibility index (Phi) is 5.27. The van der Waals surface area contributed by atoms with Crippen molar-refractivity contribution in [2.45, 2.75) is 26.2 Å². The van der Waals surface area contributed by atoms with Gasteiger partial charge in [0, 0.05) is 5.57 Å². The summed E-state index contributed by atoms with van der Waals surface area (Å²) >= 11 is 0. The number of allylic oxidation sites excluding steroid dienone is 2. The first-order valence-electron chi connectivity index (χ1n) is 5.70. The average molecular weight is 214 g/mol. The predicted molar refractivity (Wildman–Crippen MR) is 69.1 cm³/mol. The van der Waals surface area contributed by atoms with Crippen LogP contribution < -0.4 is 0 Å². The maximum Gasteiger partial charge on any atom is 0.181 e. The van der Waals surface area contributed by atoms with Crippen molar-refractivity contribution in [3.8, 4) is 0 Å². The van der Waals surface area contributed by atoms with Crippen LogP contribution in [0.1, 0.15) is 31.7 Å². The largest absolute Gasteiger partial charge is 0.290 e. The van der Waals surface area contributed by atoms with Gasteiger partial charge in [-0.25, -0.2) is 0 Å². The third-order valence-electron chi connectivity index (χ3n) is 2.44. The summed E-state index contributed by atoms with van der Waals surface area (Å²) in [5.74, 6) is 0.0392. The smallest absolute Gasteiger partial charge is 0.181 e. The second kappa shape index (κ2) is 6.78. The van der Waals surface area contributed by atoms with Crippen LogP contribution in [-0.2, 0) is 4.79 Å². The highest BCUT2D eigenvalue weighted by molar-refractivity contribution is 6.06. The lowest BCUT2D eigenvalue weighted by Crippen LogP contribution is -1.98. The maximum atomic E-state index is 11.6. The summed E-state index contributed by atoms with van der Waals surface area (Å²) in [6, 6.07) is 9.92. The van der Waals surface area contributed by atoms with Crippen LogP contribution in [0.2, 0.25) is 0 Å². The zero-order chi connectivity index (χ0) is 11.8. The zero-order valence-electron chi connectivity index (χ0n) is 9.78. The van der Waals surface area contributed by atoms with E-state index in [2.05, 4.69) is 13.5 Å². The molecule has 0 saturated carbocycles. The van der Waals surface area contributed by atoms with E-state index in [4.69, 9.17) is 0 Å². The fraction of sp³-hybridized carbons (Fsp3) is 0.267. The minimum absolute atomic E-state index is 0.0392. The molecule has 0 fully saturated rings. The van der Waals surface area contributed by atoms with Gasteiger partial charge in [0.25, 0.3) is 0 Å². The number of rotatable bonds is 6. The molecule has 0 unspecified atom stereocenters. The number of hydrogen-bond donors (Lipinski definition) is 0. The molecule has 0 aliphatic rings. The summed E-state index contributed by atoms with van der Waals surface area (Å²) in [5.41, 5.74) is 1.92. The highest BCUT2D eigenvalue weighted by atomic mass is 16.1. The molecule has 0 aromatic heterocycles. The van der Waals surface area contributed by atoms with Crippen LogP contribution in [0.25, 0.3) is 6.08 Å². The summed E-state index contributed by atoms with van der Waals surface area (Å²) in [6.45, 7) is 5.66. The molecule has 0 radical (unpaired) electrons. The second-order valence-electron chi connectivity index (χ2n) is 3.75. The Morgan fingerprint density at radius 1 is 1.31 bits per heavy atom. The predicted octanol–water partition coefficient (Wildman–Crippen LogP) is 4.02. The van der Waals surface area contributed by atoms with Crippen molar-refractivity contribution >= 4 is 11.9 Å². The van der Waals surface area contributed by atoms with Crippen LogP contribution >= 0.6 is 0 Å². The Balaban J connectivity index is 2.87. The standard InChI is InChI=1S/C15H18O/c1-3-5-11-14(15(16)4-2)12-13-9-7-6-8-10-13/h4,6-10,12H,2-3,5,11H2,1H3. The lowest BCUT2D eigenvalue weighted by molar-refractivity contribution is -0.111. The van der Waals surface area contributed by atoms with Crippen LogP contribution in [0, 0.1) is 0 Å². The minimum Gasteiger partial charge on any atom is -0.290 e. The van der Waals surface area contributed by atoms with Crippen molar-refractivity contribution in [1.29, 1.82) is 0 Å². The number of hydrogen-bond acceptors (Lipinski definition) is 1. The molecular weight excluding hydrogens is 196 g/mol. The van der Waals surface area contributed by atoms with Crippen LogP contribution in [0.3, 0.4) is 0 Å². The topological polar surface area (TPSA) is 17.1 Å². The molecule has 0 amide bonds. The fourth-order valence-corrected chi connectivity index (χ4v) is 1.52. The first-order chi connectivity index (χ1) is 7.77. The van der Waals surface area contributed by atoms with Crippen molar-refractivity contribution in [2.24, 2.45) is 0 Å². The van der Waals surface area contributed by atoms with E-state index >= 15 is 0 Å². The number of ketones is 1. The van der Waals surface area contributed by atoms with Crippen LogP contribution in [0.4, 0.5) is 0 Å². The quantitative estimate of drug-likeness (QED) is 0.654. The van der Waals surface area contributed by atoms with E-state index in [-0.39, 0.29) is 5.78 Å². The Labute approximate surface area is 97.5 Å². The van der Waals surface area contributed by atoms with Crippen molar-refractivity contribution in [3.63, 3.8) is 0 Å². The minimum atomic E-state index is 0.0392. The van der Waals surface area contributed by atoms with E-state index in [1.807, 2.05) is 36.4 Å². The van der Waals surface area contributed by atoms with Gasteiger partial charge in [0.15, 0.2) is 5.78 Å². The number of carbonyl (C=O) groups is 1. The molecular formula is C15H18O. The van der Waals surface area contributed by atoms with E-state index in [0.29, 0.717) is 0 Å². The molecule has 16 heavy (non-hydrogen) atoms. The van der Waals surface area contributed by atoms with Crippen LogP contribution in [-0.4, -0.2) is 5.78 Å². The monoisotopic (exact) mass is 214 g/mol. The molecule has 0 aliphatic heterocycles. The lowest BCUT2D eigenvalue weighted by Gasteiger charge is -2.03. The third kappa shape index (κ3) is 3.85. The molecule has 0 heterocycles. The molecule has 1 heteroatoms. The van der Waals surface area contributed by atoms with E-state index in [1.165, 1.54) is 6.08 Å². The van der Waals surface area contributed by atoms with Crippen LogP contribution in [0.15, 0.2) is 48.6 Å². The molecule has 0 spiro atoms. The summed E-state index contributed by atoms with van der Waals surface area (Å²) in [6.07, 6.45) is 6.31. The fourth-order valence-electron chi connectivity index (χ4n) is 1.52. The molecule has 1 aromatic carbocycles. The Morgan fingerprint density at radius 2 is 2.00 bits per heavy atom. The second-order valence-corrected chi connectivity index (χ2v) is 3.75. The highest BCUT2D eigenvalue weighted by Crippen LogP contribution is 2.14. The molecule has 1 nitrogen and oxygen atoms in total. The molecule has 0 atom stereocenters. The SMILES string of the molecule is C=CC(=O)C(=Cc1ccccc1)CCCC. The molecule has 84 valence electrons. The van der Waals surface area contributed by atoms with Gasteiger partial charge in [0.2, 0.25) is 0 Å². The summed E-state index contributed by atoms with van der Waals surface area (Å²) in [7, 11) is 0. The van der Waals surface area contributed by atoms with E-state index < -0.39 is 0 Å². The first kappa shape index (κ1) is 12.4. The lowest BCUT2D eigenvalue weighted by atomic mass is 10.0. The van der Waals surface area contributed by atoms with E-state index in [0.717, 1.165) is 30.4 Å². The van der Waals surface area contributed by atoms with Crippen molar-refractivity contribution in [1.82, 2.24) is 0 Å². The Hall–Kier alpha value is -1.63. The average Bonchev–Trinajstić information content (AvgIpc) is 2.34. The summed E-state index contributed by atoms with van der Waals surface area (Å²) in [5, 5.41) is 0. The van der Waals surface area contributed by atoms with Crippen LogP contribution in [0.5, 0.6) is 0 Å².